The standard InChI is InChI=1S/C9H15N2/c1-3-5-6-7-11-9(4-2)8-10/h4,9H,2-3,5-7H2,1H3. The highest BCUT2D eigenvalue weighted by Crippen LogP contribution is 1.93. The van der Waals surface area contributed by atoms with Gasteiger partial charge >= 0.3 is 0 Å². The fourth-order valence-electron chi connectivity index (χ4n) is 0.760. The molecule has 11 heavy (non-hydrogen) atoms. The van der Waals surface area contributed by atoms with Crippen LogP contribution < -0.4 is 5.32 Å². The van der Waals surface area contributed by atoms with Crippen molar-refractivity contribution in [3.8, 4) is 6.07 Å². The van der Waals surface area contributed by atoms with Crippen LogP contribution >= 0.6 is 0 Å². The van der Waals surface area contributed by atoms with Gasteiger partial charge in [-0.3, -0.25) is 0 Å². The smallest absolute Gasteiger partial charge is 0.129 e. The van der Waals surface area contributed by atoms with Crippen LogP contribution in [0.1, 0.15) is 26.2 Å². The van der Waals surface area contributed by atoms with E-state index in [-0.39, 0.29) is 6.04 Å². The Morgan fingerprint density at radius 3 is 2.82 bits per heavy atom. The quantitative estimate of drug-likeness (QED) is 0.421. The van der Waals surface area contributed by atoms with Crippen molar-refractivity contribution in [2.24, 2.45) is 0 Å². The molecule has 0 aliphatic carbocycles. The van der Waals surface area contributed by atoms with Gasteiger partial charge < -0.3 is 0 Å². The molecule has 0 aliphatic heterocycles. The Kier molecular flexibility index (Phi) is 6.76. The Morgan fingerprint density at radius 1 is 1.64 bits per heavy atom. The Morgan fingerprint density at radius 2 is 2.36 bits per heavy atom. The molecule has 1 radical (unpaired) electrons. The maximum atomic E-state index is 8.47. The molecule has 0 aliphatic rings. The average molecular weight is 151 g/mol. The Hall–Kier alpha value is -0.810. The Balaban J connectivity index is 3.23. The average Bonchev–Trinajstić information content (AvgIpc) is 2.05. The van der Waals surface area contributed by atoms with Crippen LogP contribution in [0.25, 0.3) is 0 Å². The molecule has 0 saturated heterocycles. The second-order valence-corrected chi connectivity index (χ2v) is 2.42. The van der Waals surface area contributed by atoms with Crippen LogP contribution in [-0.4, -0.2) is 12.6 Å². The molecular formula is C9H15N2. The van der Waals surface area contributed by atoms with Crippen molar-refractivity contribution < 1.29 is 0 Å². The number of unbranched alkanes of at least 4 members (excludes halogenated alkanes) is 2. The third kappa shape index (κ3) is 5.63. The van der Waals surface area contributed by atoms with Crippen molar-refractivity contribution in [2.75, 3.05) is 6.54 Å². The van der Waals surface area contributed by atoms with Crippen molar-refractivity contribution in [3.05, 3.63) is 12.7 Å². The molecule has 0 rings (SSSR count). The molecule has 0 heterocycles. The lowest BCUT2D eigenvalue weighted by Crippen LogP contribution is -2.18. The largest absolute Gasteiger partial charge is 0.219 e. The van der Waals surface area contributed by atoms with Gasteiger partial charge in [0, 0.05) is 6.54 Å². The van der Waals surface area contributed by atoms with Gasteiger partial charge in [0.05, 0.1) is 6.07 Å². The van der Waals surface area contributed by atoms with E-state index in [1.165, 1.54) is 12.8 Å². The van der Waals surface area contributed by atoms with Crippen LogP contribution in [0, 0.1) is 11.3 Å². The lowest BCUT2D eigenvalue weighted by Gasteiger charge is -2.02. The summed E-state index contributed by atoms with van der Waals surface area (Å²) in [6.07, 6.45) is 5.05. The van der Waals surface area contributed by atoms with E-state index in [9.17, 15) is 0 Å². The Bertz CT molecular complexity index is 135. The molecule has 2 nitrogen and oxygen atoms in total. The van der Waals surface area contributed by atoms with Crippen LogP contribution in [-0.2, 0) is 0 Å². The van der Waals surface area contributed by atoms with E-state index in [1.54, 1.807) is 6.08 Å². The molecule has 0 spiro atoms. The van der Waals surface area contributed by atoms with Gasteiger partial charge in [-0.2, -0.15) is 5.26 Å². The molecule has 0 N–H and O–H groups in total. The van der Waals surface area contributed by atoms with Crippen LogP contribution in [0.5, 0.6) is 0 Å². The van der Waals surface area contributed by atoms with Gasteiger partial charge in [-0.25, -0.2) is 5.32 Å². The summed E-state index contributed by atoms with van der Waals surface area (Å²) in [5.41, 5.74) is 0. The first-order valence-electron chi connectivity index (χ1n) is 4.04. The second kappa shape index (κ2) is 7.30. The van der Waals surface area contributed by atoms with E-state index in [0.717, 1.165) is 13.0 Å². The van der Waals surface area contributed by atoms with Gasteiger partial charge in [0.15, 0.2) is 0 Å². The summed E-state index contributed by atoms with van der Waals surface area (Å²) in [7, 11) is 0. The lowest BCUT2D eigenvalue weighted by atomic mass is 10.2. The summed E-state index contributed by atoms with van der Waals surface area (Å²) in [4.78, 5) is 0. The SMILES string of the molecule is C=CC(C#N)[N]CCCCC. The highest BCUT2D eigenvalue weighted by atomic mass is 14.9. The first kappa shape index (κ1) is 10.2. The van der Waals surface area contributed by atoms with Gasteiger partial charge in [0.2, 0.25) is 0 Å². The summed E-state index contributed by atoms with van der Waals surface area (Å²) < 4.78 is 0. The molecule has 1 atom stereocenters. The van der Waals surface area contributed by atoms with Crippen molar-refractivity contribution >= 4 is 0 Å². The van der Waals surface area contributed by atoms with E-state index >= 15 is 0 Å². The fraction of sp³-hybridized carbons (Fsp3) is 0.667. The van der Waals surface area contributed by atoms with Crippen molar-refractivity contribution in [1.29, 1.82) is 5.26 Å². The third-order valence-corrected chi connectivity index (χ3v) is 1.44. The van der Waals surface area contributed by atoms with Crippen LogP contribution in [0.4, 0.5) is 0 Å². The van der Waals surface area contributed by atoms with Gasteiger partial charge in [0.25, 0.3) is 0 Å². The first-order valence-corrected chi connectivity index (χ1v) is 4.04. The minimum atomic E-state index is -0.299. The fourth-order valence-corrected chi connectivity index (χ4v) is 0.760. The number of nitrogens with zero attached hydrogens (tertiary/aromatic N) is 2. The number of hydrogen-bond acceptors (Lipinski definition) is 1. The lowest BCUT2D eigenvalue weighted by molar-refractivity contribution is 0.602. The molecule has 2 heteroatoms. The van der Waals surface area contributed by atoms with Gasteiger partial charge in [-0.05, 0) is 6.42 Å². The van der Waals surface area contributed by atoms with Crippen LogP contribution in [0.15, 0.2) is 12.7 Å². The molecule has 0 aromatic heterocycles. The maximum absolute atomic E-state index is 8.47. The van der Waals surface area contributed by atoms with Crippen molar-refractivity contribution in [1.82, 2.24) is 5.32 Å². The zero-order chi connectivity index (χ0) is 8.53. The predicted molar refractivity (Wildman–Crippen MR) is 46.1 cm³/mol. The molecule has 0 bridgehead atoms. The normalized spacial score (nSPS) is 12.0. The highest BCUT2D eigenvalue weighted by molar-refractivity contribution is 5.01. The monoisotopic (exact) mass is 151 g/mol. The van der Waals surface area contributed by atoms with Gasteiger partial charge in [0.1, 0.15) is 6.04 Å². The first-order chi connectivity index (χ1) is 5.35. The maximum Gasteiger partial charge on any atom is 0.129 e. The minimum absolute atomic E-state index is 0.299. The summed E-state index contributed by atoms with van der Waals surface area (Å²) >= 11 is 0. The third-order valence-electron chi connectivity index (χ3n) is 1.44. The number of rotatable bonds is 6. The van der Waals surface area contributed by atoms with E-state index in [0.29, 0.717) is 0 Å². The summed E-state index contributed by atoms with van der Waals surface area (Å²) in [5.74, 6) is 0. The van der Waals surface area contributed by atoms with Crippen molar-refractivity contribution in [3.63, 3.8) is 0 Å². The zero-order valence-corrected chi connectivity index (χ0v) is 7.08. The summed E-state index contributed by atoms with van der Waals surface area (Å²) in [5, 5.41) is 12.6. The summed E-state index contributed by atoms with van der Waals surface area (Å²) in [6.45, 7) is 6.45. The van der Waals surface area contributed by atoms with Gasteiger partial charge in [-0.15, -0.1) is 6.58 Å². The number of nitriles is 1. The topological polar surface area (TPSA) is 37.9 Å². The second-order valence-electron chi connectivity index (χ2n) is 2.42. The Labute approximate surface area is 68.9 Å². The molecule has 0 aromatic carbocycles. The van der Waals surface area contributed by atoms with E-state index in [1.807, 2.05) is 6.07 Å². The molecule has 1 unspecified atom stereocenters. The predicted octanol–water partition coefficient (Wildman–Crippen LogP) is 1.86. The number of hydrogen-bond donors (Lipinski definition) is 0. The highest BCUT2D eigenvalue weighted by Gasteiger charge is 1.99. The molecule has 0 saturated carbocycles. The van der Waals surface area contributed by atoms with Crippen LogP contribution in [0.2, 0.25) is 0 Å². The van der Waals surface area contributed by atoms with Gasteiger partial charge in [-0.1, -0.05) is 25.8 Å². The molecule has 0 fully saturated rings. The van der Waals surface area contributed by atoms with E-state index < -0.39 is 0 Å². The molecule has 0 aromatic rings. The van der Waals surface area contributed by atoms with E-state index in [4.69, 9.17) is 5.26 Å². The zero-order valence-electron chi connectivity index (χ0n) is 7.08. The molecule has 61 valence electrons. The van der Waals surface area contributed by atoms with E-state index in [2.05, 4.69) is 18.8 Å². The van der Waals surface area contributed by atoms with Crippen LogP contribution in [0.3, 0.4) is 0 Å². The molecule has 0 amide bonds. The summed E-state index contributed by atoms with van der Waals surface area (Å²) in [6, 6.07) is 1.74. The van der Waals surface area contributed by atoms with Crippen molar-refractivity contribution in [2.45, 2.75) is 32.2 Å². The minimum Gasteiger partial charge on any atom is -0.219 e. The molecular weight excluding hydrogens is 136 g/mol.